The standard InChI is InChI=1S/C27H24N2O/c1-19-15-25(21-11-6-3-7-12-21)24-13-8-14-27(26(24)28-19)17-22(16-23(18-30)29-27)20-9-4-2-5-10-20/h2-13,15-16,30H,14,17-18H2,1H3. The summed E-state index contributed by atoms with van der Waals surface area (Å²) in [4.78, 5) is 10.1. The van der Waals surface area contributed by atoms with E-state index in [9.17, 15) is 5.11 Å². The van der Waals surface area contributed by atoms with Crippen molar-refractivity contribution >= 4 is 17.4 Å². The average Bonchev–Trinajstić information content (AvgIpc) is 2.80. The topological polar surface area (TPSA) is 45.5 Å². The number of hydrogen-bond acceptors (Lipinski definition) is 3. The lowest BCUT2D eigenvalue weighted by atomic mass is 9.75. The van der Waals surface area contributed by atoms with Gasteiger partial charge in [0.2, 0.25) is 0 Å². The number of rotatable bonds is 3. The van der Waals surface area contributed by atoms with Crippen molar-refractivity contribution in [3.63, 3.8) is 0 Å². The van der Waals surface area contributed by atoms with Gasteiger partial charge < -0.3 is 5.11 Å². The number of aryl methyl sites for hydroxylation is 1. The van der Waals surface area contributed by atoms with Gasteiger partial charge in [0.15, 0.2) is 0 Å². The Bertz CT molecular complexity index is 1180. The molecule has 1 unspecified atom stereocenters. The molecule has 1 N–H and O–H groups in total. The average molecular weight is 393 g/mol. The van der Waals surface area contributed by atoms with Gasteiger partial charge in [0.05, 0.1) is 18.0 Å². The minimum atomic E-state index is -0.488. The van der Waals surface area contributed by atoms with Gasteiger partial charge in [-0.2, -0.15) is 0 Å². The molecule has 2 heterocycles. The van der Waals surface area contributed by atoms with Crippen LogP contribution in [-0.4, -0.2) is 22.4 Å². The zero-order chi connectivity index (χ0) is 20.6. The van der Waals surface area contributed by atoms with E-state index >= 15 is 0 Å². The monoisotopic (exact) mass is 392 g/mol. The molecular formula is C27H24N2O. The van der Waals surface area contributed by atoms with Crippen LogP contribution in [-0.2, 0) is 5.54 Å². The molecule has 3 nitrogen and oxygen atoms in total. The molecule has 2 aliphatic rings. The van der Waals surface area contributed by atoms with Crippen molar-refractivity contribution in [2.24, 2.45) is 4.99 Å². The fourth-order valence-corrected chi connectivity index (χ4v) is 4.62. The summed E-state index contributed by atoms with van der Waals surface area (Å²) in [7, 11) is 0. The maximum absolute atomic E-state index is 9.99. The molecule has 0 amide bonds. The Labute approximate surface area is 177 Å². The van der Waals surface area contributed by atoms with Crippen molar-refractivity contribution in [3.8, 4) is 11.1 Å². The van der Waals surface area contributed by atoms with Gasteiger partial charge in [0.25, 0.3) is 0 Å². The van der Waals surface area contributed by atoms with E-state index in [1.165, 1.54) is 22.3 Å². The van der Waals surface area contributed by atoms with Gasteiger partial charge in [-0.25, -0.2) is 0 Å². The smallest absolute Gasteiger partial charge is 0.111 e. The Morgan fingerprint density at radius 1 is 0.967 bits per heavy atom. The molecule has 30 heavy (non-hydrogen) atoms. The summed E-state index contributed by atoms with van der Waals surface area (Å²) in [6, 6.07) is 23.0. The van der Waals surface area contributed by atoms with Gasteiger partial charge in [-0.15, -0.1) is 0 Å². The fourth-order valence-electron chi connectivity index (χ4n) is 4.62. The second-order valence-corrected chi connectivity index (χ2v) is 8.05. The highest BCUT2D eigenvalue weighted by atomic mass is 16.3. The first-order chi connectivity index (χ1) is 14.7. The molecule has 3 heteroatoms. The molecule has 1 aromatic heterocycles. The van der Waals surface area contributed by atoms with Gasteiger partial charge in [0, 0.05) is 17.7 Å². The maximum atomic E-state index is 9.99. The zero-order valence-electron chi connectivity index (χ0n) is 17.0. The molecule has 1 aliphatic heterocycles. The highest BCUT2D eigenvalue weighted by Crippen LogP contribution is 2.47. The first kappa shape index (κ1) is 18.7. The molecule has 1 spiro atoms. The molecule has 1 atom stereocenters. The van der Waals surface area contributed by atoms with E-state index in [2.05, 4.69) is 66.7 Å². The third-order valence-corrected chi connectivity index (χ3v) is 5.94. The van der Waals surface area contributed by atoms with Crippen molar-refractivity contribution in [2.75, 3.05) is 6.61 Å². The number of pyridine rings is 1. The van der Waals surface area contributed by atoms with Gasteiger partial charge >= 0.3 is 0 Å². The quantitative estimate of drug-likeness (QED) is 0.631. The predicted octanol–water partition coefficient (Wildman–Crippen LogP) is 5.59. The lowest BCUT2D eigenvalue weighted by Gasteiger charge is -2.37. The fraction of sp³-hybridized carbons (Fsp3) is 0.185. The van der Waals surface area contributed by atoms with Gasteiger partial charge in [-0.3, -0.25) is 9.98 Å². The number of aromatic nitrogens is 1. The van der Waals surface area contributed by atoms with E-state index in [-0.39, 0.29) is 6.61 Å². The molecule has 148 valence electrons. The van der Waals surface area contributed by atoms with E-state index in [1.807, 2.05) is 25.1 Å². The highest BCUT2D eigenvalue weighted by Gasteiger charge is 2.40. The van der Waals surface area contributed by atoms with Gasteiger partial charge in [-0.05, 0) is 47.8 Å². The Morgan fingerprint density at radius 2 is 1.67 bits per heavy atom. The number of hydrogen-bond donors (Lipinski definition) is 1. The largest absolute Gasteiger partial charge is 0.390 e. The molecule has 3 aromatic rings. The molecule has 0 fully saturated rings. The van der Waals surface area contributed by atoms with Crippen LogP contribution < -0.4 is 0 Å². The van der Waals surface area contributed by atoms with E-state index in [1.54, 1.807) is 0 Å². The van der Waals surface area contributed by atoms with Gasteiger partial charge in [-0.1, -0.05) is 72.8 Å². The first-order valence-electron chi connectivity index (χ1n) is 10.4. The lowest BCUT2D eigenvalue weighted by molar-refractivity contribution is 0.351. The van der Waals surface area contributed by atoms with Crippen LogP contribution in [0.4, 0.5) is 0 Å². The molecule has 2 aromatic carbocycles. The summed E-state index contributed by atoms with van der Waals surface area (Å²) < 4.78 is 0. The van der Waals surface area contributed by atoms with Crippen LogP contribution >= 0.6 is 0 Å². The molecular weight excluding hydrogens is 368 g/mol. The van der Waals surface area contributed by atoms with Crippen LogP contribution in [0.2, 0.25) is 0 Å². The lowest BCUT2D eigenvalue weighted by Crippen LogP contribution is -2.33. The van der Waals surface area contributed by atoms with Crippen LogP contribution in [0.5, 0.6) is 0 Å². The van der Waals surface area contributed by atoms with Crippen molar-refractivity contribution in [1.29, 1.82) is 0 Å². The molecule has 0 bridgehead atoms. The van der Waals surface area contributed by atoms with E-state index < -0.39 is 5.54 Å². The Balaban J connectivity index is 1.69. The van der Waals surface area contributed by atoms with Crippen LogP contribution in [0, 0.1) is 6.92 Å². The Hall–Kier alpha value is -3.30. The summed E-state index contributed by atoms with van der Waals surface area (Å²) in [5.41, 5.74) is 8.09. The van der Waals surface area contributed by atoms with E-state index in [0.717, 1.165) is 29.8 Å². The van der Waals surface area contributed by atoms with Crippen LogP contribution in [0.25, 0.3) is 22.8 Å². The number of benzene rings is 2. The summed E-state index contributed by atoms with van der Waals surface area (Å²) in [5, 5.41) is 9.99. The number of aliphatic imine (C=N–C) groups is 1. The van der Waals surface area contributed by atoms with Crippen molar-refractivity contribution in [2.45, 2.75) is 25.3 Å². The normalized spacial score (nSPS) is 19.9. The minimum absolute atomic E-state index is 0.0749. The van der Waals surface area contributed by atoms with Crippen LogP contribution in [0.1, 0.15) is 35.4 Å². The third-order valence-electron chi connectivity index (χ3n) is 5.94. The Morgan fingerprint density at radius 3 is 2.37 bits per heavy atom. The van der Waals surface area contributed by atoms with Gasteiger partial charge in [0.1, 0.15) is 5.54 Å². The first-order valence-corrected chi connectivity index (χ1v) is 10.4. The number of nitrogens with zero attached hydrogens (tertiary/aromatic N) is 2. The summed E-state index contributed by atoms with van der Waals surface area (Å²) in [5.74, 6) is 0. The van der Waals surface area contributed by atoms with E-state index in [4.69, 9.17) is 9.98 Å². The maximum Gasteiger partial charge on any atom is 0.111 e. The molecule has 1 aliphatic carbocycles. The molecule has 0 saturated carbocycles. The predicted molar refractivity (Wildman–Crippen MR) is 123 cm³/mol. The number of aliphatic hydroxyl groups excluding tert-OH is 1. The third kappa shape index (κ3) is 3.21. The van der Waals surface area contributed by atoms with Crippen molar-refractivity contribution in [1.82, 2.24) is 4.98 Å². The molecule has 5 rings (SSSR count). The zero-order valence-corrected chi connectivity index (χ0v) is 17.0. The summed E-state index contributed by atoms with van der Waals surface area (Å²) in [6.45, 7) is 1.97. The number of dihydropyridines is 1. The van der Waals surface area contributed by atoms with E-state index in [0.29, 0.717) is 5.71 Å². The number of fused-ring (bicyclic) bond motifs is 2. The van der Waals surface area contributed by atoms with Crippen molar-refractivity contribution in [3.05, 3.63) is 101 Å². The summed E-state index contributed by atoms with van der Waals surface area (Å²) in [6.07, 6.45) is 7.97. The van der Waals surface area contributed by atoms with Crippen molar-refractivity contribution < 1.29 is 5.11 Å². The highest BCUT2D eigenvalue weighted by molar-refractivity contribution is 6.03. The molecule has 0 saturated heterocycles. The van der Waals surface area contributed by atoms with Crippen LogP contribution in [0.3, 0.4) is 0 Å². The summed E-state index contributed by atoms with van der Waals surface area (Å²) >= 11 is 0. The molecule has 0 radical (unpaired) electrons. The second-order valence-electron chi connectivity index (χ2n) is 8.05. The SMILES string of the molecule is Cc1cc(-c2ccccc2)c2c(n1)C1(CC=C2)CC(c2ccccc2)=CC(CO)=N1. The second kappa shape index (κ2) is 7.51. The minimum Gasteiger partial charge on any atom is -0.390 e. The Kier molecular flexibility index (Phi) is 4.68. The number of aliphatic hydroxyl groups is 1. The van der Waals surface area contributed by atoms with Crippen LogP contribution in [0.15, 0.2) is 83.9 Å².